The highest BCUT2D eigenvalue weighted by atomic mass is 35.5. The number of ether oxygens (including phenoxy) is 1. The largest absolute Gasteiger partial charge is 0.492 e. The second kappa shape index (κ2) is 8.20. The van der Waals surface area contributed by atoms with E-state index in [0.717, 1.165) is 6.42 Å². The Morgan fingerprint density at radius 1 is 1.13 bits per heavy atom. The highest BCUT2D eigenvalue weighted by molar-refractivity contribution is 6.32. The van der Waals surface area contributed by atoms with Crippen molar-refractivity contribution in [1.29, 1.82) is 0 Å². The fraction of sp³-hybridized carbons (Fsp3) is 0.529. The Labute approximate surface area is 142 Å². The van der Waals surface area contributed by atoms with Gasteiger partial charge in [-0.15, -0.1) is 0 Å². The van der Waals surface area contributed by atoms with Crippen molar-refractivity contribution in [2.45, 2.75) is 26.7 Å². The van der Waals surface area contributed by atoms with Gasteiger partial charge >= 0.3 is 0 Å². The molecule has 0 aliphatic carbocycles. The minimum Gasteiger partial charge on any atom is -0.492 e. The molecule has 0 aromatic heterocycles. The quantitative estimate of drug-likeness (QED) is 0.829. The molecule has 2 amide bonds. The average molecular weight is 339 g/mol. The van der Waals surface area contributed by atoms with Crippen LogP contribution < -0.4 is 4.74 Å². The van der Waals surface area contributed by atoms with E-state index in [1.807, 2.05) is 18.7 Å². The summed E-state index contributed by atoms with van der Waals surface area (Å²) in [6.45, 7) is 6.70. The molecule has 5 nitrogen and oxygen atoms in total. The number of hydrogen-bond acceptors (Lipinski definition) is 3. The molecule has 1 aliphatic rings. The molecule has 2 rings (SSSR count). The third kappa shape index (κ3) is 4.38. The van der Waals surface area contributed by atoms with Crippen LogP contribution in [0.4, 0.5) is 0 Å². The number of halogens is 1. The van der Waals surface area contributed by atoms with E-state index >= 15 is 0 Å². The molecule has 1 heterocycles. The average Bonchev–Trinajstić information content (AvgIpc) is 2.56. The number of rotatable bonds is 5. The number of carbonyl (C=O) groups is 2. The number of hydrogen-bond donors (Lipinski definition) is 0. The molecular weight excluding hydrogens is 316 g/mol. The zero-order chi connectivity index (χ0) is 16.8. The van der Waals surface area contributed by atoms with E-state index in [-0.39, 0.29) is 11.8 Å². The van der Waals surface area contributed by atoms with Gasteiger partial charge in [-0.2, -0.15) is 0 Å². The Hall–Kier alpha value is -1.75. The summed E-state index contributed by atoms with van der Waals surface area (Å²) in [6.07, 6.45) is 1.42. The minimum atomic E-state index is -0.0578. The molecule has 0 unspecified atom stereocenters. The van der Waals surface area contributed by atoms with Crippen molar-refractivity contribution in [2.24, 2.45) is 0 Å². The maximum Gasteiger partial charge on any atom is 0.254 e. The lowest BCUT2D eigenvalue weighted by Gasteiger charge is -2.35. The number of piperazine rings is 1. The van der Waals surface area contributed by atoms with E-state index < -0.39 is 0 Å². The molecule has 0 radical (unpaired) electrons. The third-order valence-electron chi connectivity index (χ3n) is 3.86. The van der Waals surface area contributed by atoms with Crippen LogP contribution in [0.25, 0.3) is 0 Å². The maximum atomic E-state index is 12.5. The number of carbonyl (C=O) groups excluding carboxylic acids is 2. The lowest BCUT2D eigenvalue weighted by Crippen LogP contribution is -2.50. The summed E-state index contributed by atoms with van der Waals surface area (Å²) >= 11 is 6.14. The first kappa shape index (κ1) is 17.6. The van der Waals surface area contributed by atoms with Gasteiger partial charge in [0.2, 0.25) is 5.91 Å². The molecule has 0 N–H and O–H groups in total. The molecule has 6 heteroatoms. The van der Waals surface area contributed by atoms with Crippen LogP contribution in [-0.2, 0) is 4.79 Å². The molecule has 1 saturated heterocycles. The van der Waals surface area contributed by atoms with Gasteiger partial charge in [0, 0.05) is 38.2 Å². The summed E-state index contributed by atoms with van der Waals surface area (Å²) in [4.78, 5) is 28.0. The molecule has 1 aromatic rings. The van der Waals surface area contributed by atoms with Crippen molar-refractivity contribution >= 4 is 23.4 Å². The molecule has 0 atom stereocenters. The Morgan fingerprint density at radius 2 is 1.78 bits per heavy atom. The van der Waals surface area contributed by atoms with Gasteiger partial charge in [-0.25, -0.2) is 0 Å². The summed E-state index contributed by atoms with van der Waals surface area (Å²) in [5.41, 5.74) is 0.548. The maximum absolute atomic E-state index is 12.5. The van der Waals surface area contributed by atoms with E-state index in [1.165, 1.54) is 0 Å². The van der Waals surface area contributed by atoms with Gasteiger partial charge in [0.25, 0.3) is 5.91 Å². The predicted octanol–water partition coefficient (Wildman–Crippen LogP) is 2.82. The molecule has 0 bridgehead atoms. The van der Waals surface area contributed by atoms with E-state index in [2.05, 4.69) is 0 Å². The Morgan fingerprint density at radius 3 is 2.35 bits per heavy atom. The minimum absolute atomic E-state index is 0.0578. The van der Waals surface area contributed by atoms with Crippen LogP contribution in [0.1, 0.15) is 37.0 Å². The molecule has 126 valence electrons. The molecule has 0 saturated carbocycles. The second-order valence-corrected chi connectivity index (χ2v) is 5.91. The zero-order valence-corrected chi connectivity index (χ0v) is 14.4. The standard InChI is InChI=1S/C17H23ClN2O3/c1-3-5-16(21)19-8-10-20(11-9-19)17(22)13-6-7-15(23-4-2)14(18)12-13/h6-7,12H,3-5,8-11H2,1-2H3. The first-order valence-electron chi connectivity index (χ1n) is 8.06. The summed E-state index contributed by atoms with van der Waals surface area (Å²) in [5.74, 6) is 0.696. The van der Waals surface area contributed by atoms with Gasteiger partial charge in [-0.3, -0.25) is 9.59 Å². The number of benzene rings is 1. The summed E-state index contributed by atoms with van der Waals surface area (Å²) in [5, 5.41) is 0.439. The zero-order valence-electron chi connectivity index (χ0n) is 13.7. The van der Waals surface area contributed by atoms with Crippen LogP contribution in [0.15, 0.2) is 18.2 Å². The molecular formula is C17H23ClN2O3. The first-order chi connectivity index (χ1) is 11.1. The van der Waals surface area contributed by atoms with Gasteiger partial charge in [-0.05, 0) is 31.5 Å². The van der Waals surface area contributed by atoms with E-state index in [0.29, 0.717) is 55.5 Å². The van der Waals surface area contributed by atoms with E-state index in [4.69, 9.17) is 16.3 Å². The van der Waals surface area contributed by atoms with Crippen LogP contribution in [0.2, 0.25) is 5.02 Å². The first-order valence-corrected chi connectivity index (χ1v) is 8.44. The van der Waals surface area contributed by atoms with Crippen molar-refractivity contribution in [3.05, 3.63) is 28.8 Å². The fourth-order valence-corrected chi connectivity index (χ4v) is 2.86. The smallest absolute Gasteiger partial charge is 0.254 e. The SMILES string of the molecule is CCCC(=O)N1CCN(C(=O)c2ccc(OCC)c(Cl)c2)CC1. The highest BCUT2D eigenvalue weighted by Crippen LogP contribution is 2.26. The number of nitrogens with zero attached hydrogens (tertiary/aromatic N) is 2. The lowest BCUT2D eigenvalue weighted by atomic mass is 10.1. The number of amides is 2. The van der Waals surface area contributed by atoms with Crippen molar-refractivity contribution in [3.8, 4) is 5.75 Å². The molecule has 23 heavy (non-hydrogen) atoms. The lowest BCUT2D eigenvalue weighted by molar-refractivity contribution is -0.132. The second-order valence-electron chi connectivity index (χ2n) is 5.50. The van der Waals surface area contributed by atoms with Crippen LogP contribution >= 0.6 is 11.6 Å². The molecule has 1 aromatic carbocycles. The van der Waals surface area contributed by atoms with Crippen LogP contribution in [-0.4, -0.2) is 54.4 Å². The Kier molecular flexibility index (Phi) is 6.28. The van der Waals surface area contributed by atoms with E-state index in [9.17, 15) is 9.59 Å². The normalized spacial score (nSPS) is 14.7. The van der Waals surface area contributed by atoms with Crippen molar-refractivity contribution in [1.82, 2.24) is 9.80 Å². The summed E-state index contributed by atoms with van der Waals surface area (Å²) < 4.78 is 5.38. The Balaban J connectivity index is 1.97. The van der Waals surface area contributed by atoms with Crippen LogP contribution in [0.5, 0.6) is 5.75 Å². The van der Waals surface area contributed by atoms with Gasteiger partial charge in [-0.1, -0.05) is 18.5 Å². The van der Waals surface area contributed by atoms with Crippen molar-refractivity contribution in [2.75, 3.05) is 32.8 Å². The molecule has 0 spiro atoms. The topological polar surface area (TPSA) is 49.9 Å². The van der Waals surface area contributed by atoms with Gasteiger partial charge in [0.1, 0.15) is 5.75 Å². The Bertz CT molecular complexity index is 569. The molecule has 1 aliphatic heterocycles. The molecule has 1 fully saturated rings. The monoisotopic (exact) mass is 338 g/mol. The summed E-state index contributed by atoms with van der Waals surface area (Å²) in [7, 11) is 0. The van der Waals surface area contributed by atoms with Crippen molar-refractivity contribution in [3.63, 3.8) is 0 Å². The highest BCUT2D eigenvalue weighted by Gasteiger charge is 2.24. The van der Waals surface area contributed by atoms with Gasteiger partial charge in [0.05, 0.1) is 11.6 Å². The van der Waals surface area contributed by atoms with Crippen LogP contribution in [0, 0.1) is 0 Å². The van der Waals surface area contributed by atoms with Gasteiger partial charge in [0.15, 0.2) is 0 Å². The van der Waals surface area contributed by atoms with Crippen LogP contribution in [0.3, 0.4) is 0 Å². The summed E-state index contributed by atoms with van der Waals surface area (Å²) in [6, 6.07) is 5.09. The van der Waals surface area contributed by atoms with E-state index in [1.54, 1.807) is 23.1 Å². The predicted molar refractivity (Wildman–Crippen MR) is 90.0 cm³/mol. The fourth-order valence-electron chi connectivity index (χ4n) is 2.62. The third-order valence-corrected chi connectivity index (χ3v) is 4.16. The van der Waals surface area contributed by atoms with Gasteiger partial charge < -0.3 is 14.5 Å². The van der Waals surface area contributed by atoms with Crippen molar-refractivity contribution < 1.29 is 14.3 Å².